The van der Waals surface area contributed by atoms with E-state index in [1.807, 2.05) is 18.2 Å². The second-order valence-electron chi connectivity index (χ2n) is 6.68. The van der Waals surface area contributed by atoms with Crippen LogP contribution in [0.5, 0.6) is 0 Å². The van der Waals surface area contributed by atoms with Gasteiger partial charge in [0.05, 0.1) is 12.0 Å². The van der Waals surface area contributed by atoms with Crippen LogP contribution in [0.4, 0.5) is 0 Å². The van der Waals surface area contributed by atoms with E-state index in [0.717, 1.165) is 12.1 Å². The molecule has 1 aromatic carbocycles. The highest BCUT2D eigenvalue weighted by molar-refractivity contribution is 6.30. The quantitative estimate of drug-likeness (QED) is 0.679. The molecule has 8 heteroatoms. The van der Waals surface area contributed by atoms with Crippen LogP contribution >= 0.6 is 11.6 Å². The van der Waals surface area contributed by atoms with Crippen LogP contribution in [0.1, 0.15) is 16.9 Å². The van der Waals surface area contributed by atoms with Crippen molar-refractivity contribution in [3.8, 4) is 17.1 Å². The van der Waals surface area contributed by atoms with Gasteiger partial charge in [-0.1, -0.05) is 11.6 Å². The largest absolute Gasteiger partial charge is 0.463 e. The molecular weight excluding hydrogens is 380 g/mol. The zero-order chi connectivity index (χ0) is 19.7. The van der Waals surface area contributed by atoms with Crippen LogP contribution in [-0.4, -0.2) is 58.1 Å². The van der Waals surface area contributed by atoms with Gasteiger partial charge in [0.25, 0.3) is 5.91 Å². The molecule has 0 unspecified atom stereocenters. The molecule has 28 heavy (non-hydrogen) atoms. The van der Waals surface area contributed by atoms with E-state index in [1.54, 1.807) is 52.1 Å². The van der Waals surface area contributed by atoms with Gasteiger partial charge in [0.15, 0.2) is 11.5 Å². The number of likely N-dealkylation sites (N-methyl/N-ethyl adjacent to an activating group) is 1. The molecule has 1 aliphatic heterocycles. The Bertz CT molecular complexity index is 995. The highest BCUT2D eigenvalue weighted by Gasteiger charge is 2.27. The molecule has 2 aromatic heterocycles. The average Bonchev–Trinajstić information content (AvgIpc) is 3.33. The Morgan fingerprint density at radius 1 is 1.18 bits per heavy atom. The van der Waals surface area contributed by atoms with Gasteiger partial charge < -0.3 is 14.2 Å². The Morgan fingerprint density at radius 2 is 1.96 bits per heavy atom. The number of nitrogens with zero attached hydrogens (tertiary/aromatic N) is 4. The van der Waals surface area contributed by atoms with E-state index < -0.39 is 0 Å². The van der Waals surface area contributed by atoms with Gasteiger partial charge in [-0.2, -0.15) is 5.10 Å². The molecule has 0 atom stereocenters. The third-order valence-corrected chi connectivity index (χ3v) is 4.99. The topological polar surface area (TPSA) is 71.6 Å². The Labute approximate surface area is 167 Å². The van der Waals surface area contributed by atoms with Crippen LogP contribution in [0.2, 0.25) is 5.02 Å². The standard InChI is InChI=1S/C20H19ClN4O3/c1-23-9-3-10-24(13-19(23)26)20(27)16-12-17(18-4-2-11-28-18)25(22-16)15-7-5-14(21)6-8-15/h2,4-8,11-12H,3,9-10,13H2,1H3. The minimum absolute atomic E-state index is 0.0548. The number of amides is 2. The fourth-order valence-electron chi connectivity index (χ4n) is 3.19. The molecule has 1 saturated heterocycles. The molecule has 7 nitrogen and oxygen atoms in total. The lowest BCUT2D eigenvalue weighted by atomic mass is 10.2. The number of aromatic nitrogens is 2. The monoisotopic (exact) mass is 398 g/mol. The number of hydrogen-bond donors (Lipinski definition) is 0. The molecule has 1 aliphatic rings. The summed E-state index contributed by atoms with van der Waals surface area (Å²) >= 11 is 5.99. The van der Waals surface area contributed by atoms with Crippen molar-refractivity contribution < 1.29 is 14.0 Å². The van der Waals surface area contributed by atoms with Crippen molar-refractivity contribution in [1.29, 1.82) is 0 Å². The highest BCUT2D eigenvalue weighted by atomic mass is 35.5. The number of hydrogen-bond acceptors (Lipinski definition) is 4. The molecule has 0 aliphatic carbocycles. The predicted molar refractivity (Wildman–Crippen MR) is 104 cm³/mol. The summed E-state index contributed by atoms with van der Waals surface area (Å²) in [4.78, 5) is 28.4. The molecule has 0 radical (unpaired) electrons. The summed E-state index contributed by atoms with van der Waals surface area (Å²) in [5.74, 6) is 0.242. The summed E-state index contributed by atoms with van der Waals surface area (Å²) in [5.41, 5.74) is 1.66. The molecule has 3 aromatic rings. The number of halogens is 1. The van der Waals surface area contributed by atoms with Crippen molar-refractivity contribution in [2.24, 2.45) is 0 Å². The molecule has 0 spiro atoms. The molecule has 4 rings (SSSR count). The van der Waals surface area contributed by atoms with Crippen LogP contribution in [0.3, 0.4) is 0 Å². The van der Waals surface area contributed by atoms with Crippen molar-refractivity contribution >= 4 is 23.4 Å². The molecule has 0 saturated carbocycles. The van der Waals surface area contributed by atoms with E-state index in [9.17, 15) is 9.59 Å². The Kier molecular flexibility index (Phi) is 4.92. The first-order chi connectivity index (χ1) is 13.5. The minimum atomic E-state index is -0.274. The maximum absolute atomic E-state index is 13.1. The summed E-state index contributed by atoms with van der Waals surface area (Å²) in [5, 5.41) is 5.12. The summed E-state index contributed by atoms with van der Waals surface area (Å²) in [6.07, 6.45) is 2.30. The average molecular weight is 399 g/mol. The van der Waals surface area contributed by atoms with Gasteiger partial charge in [-0.05, 0) is 42.8 Å². The molecule has 0 bridgehead atoms. The Morgan fingerprint density at radius 3 is 2.68 bits per heavy atom. The van der Waals surface area contributed by atoms with E-state index >= 15 is 0 Å². The van der Waals surface area contributed by atoms with E-state index in [0.29, 0.717) is 29.6 Å². The van der Waals surface area contributed by atoms with Crippen LogP contribution in [0.15, 0.2) is 53.1 Å². The van der Waals surface area contributed by atoms with E-state index in [4.69, 9.17) is 16.0 Å². The molecule has 1 fully saturated rings. The first kappa shape index (κ1) is 18.3. The van der Waals surface area contributed by atoms with Gasteiger partial charge in [0.1, 0.15) is 12.2 Å². The van der Waals surface area contributed by atoms with Crippen LogP contribution in [0.25, 0.3) is 17.1 Å². The molecule has 2 amide bonds. The predicted octanol–water partition coefficient (Wildman–Crippen LogP) is 3.09. The SMILES string of the molecule is CN1CCCN(C(=O)c2cc(-c3ccco3)n(-c3ccc(Cl)cc3)n2)CC1=O. The zero-order valence-corrected chi connectivity index (χ0v) is 16.1. The van der Waals surface area contributed by atoms with Gasteiger partial charge in [-0.25, -0.2) is 4.68 Å². The maximum atomic E-state index is 13.1. The fraction of sp³-hybridized carbons (Fsp3) is 0.250. The van der Waals surface area contributed by atoms with Gasteiger partial charge in [0, 0.05) is 31.2 Å². The van der Waals surface area contributed by atoms with Crippen LogP contribution in [0, 0.1) is 0 Å². The van der Waals surface area contributed by atoms with Gasteiger partial charge in [-0.3, -0.25) is 9.59 Å². The van der Waals surface area contributed by atoms with E-state index in [1.165, 1.54) is 0 Å². The van der Waals surface area contributed by atoms with Crippen molar-refractivity contribution in [1.82, 2.24) is 19.6 Å². The third-order valence-electron chi connectivity index (χ3n) is 4.73. The lowest BCUT2D eigenvalue weighted by molar-refractivity contribution is -0.129. The van der Waals surface area contributed by atoms with Crippen LogP contribution < -0.4 is 0 Å². The van der Waals surface area contributed by atoms with Gasteiger partial charge in [0.2, 0.25) is 5.91 Å². The third kappa shape index (κ3) is 3.53. The molecule has 0 N–H and O–H groups in total. The molecule has 144 valence electrons. The second kappa shape index (κ2) is 7.52. The second-order valence-corrected chi connectivity index (χ2v) is 7.11. The number of rotatable bonds is 3. The number of carbonyl (C=O) groups is 2. The first-order valence-electron chi connectivity index (χ1n) is 8.96. The number of carbonyl (C=O) groups excluding carboxylic acids is 2. The van der Waals surface area contributed by atoms with Gasteiger partial charge in [-0.15, -0.1) is 0 Å². The summed E-state index contributed by atoms with van der Waals surface area (Å²) in [6, 6.07) is 12.4. The summed E-state index contributed by atoms with van der Waals surface area (Å²) in [7, 11) is 1.75. The van der Waals surface area contributed by atoms with E-state index in [2.05, 4.69) is 5.10 Å². The summed E-state index contributed by atoms with van der Waals surface area (Å²) in [6.45, 7) is 1.21. The Hall–Kier alpha value is -3.06. The maximum Gasteiger partial charge on any atom is 0.274 e. The summed E-state index contributed by atoms with van der Waals surface area (Å²) < 4.78 is 7.17. The zero-order valence-electron chi connectivity index (χ0n) is 15.3. The lowest BCUT2D eigenvalue weighted by Crippen LogP contribution is -2.38. The minimum Gasteiger partial charge on any atom is -0.463 e. The lowest BCUT2D eigenvalue weighted by Gasteiger charge is -2.18. The van der Waals surface area contributed by atoms with Crippen molar-refractivity contribution in [2.45, 2.75) is 6.42 Å². The Balaban J connectivity index is 1.72. The number of benzene rings is 1. The van der Waals surface area contributed by atoms with E-state index in [-0.39, 0.29) is 24.1 Å². The smallest absolute Gasteiger partial charge is 0.274 e. The molecular formula is C20H19ClN4O3. The first-order valence-corrected chi connectivity index (χ1v) is 9.34. The molecule has 3 heterocycles. The van der Waals surface area contributed by atoms with Crippen molar-refractivity contribution in [3.63, 3.8) is 0 Å². The van der Waals surface area contributed by atoms with Crippen LogP contribution in [-0.2, 0) is 4.79 Å². The highest BCUT2D eigenvalue weighted by Crippen LogP contribution is 2.26. The van der Waals surface area contributed by atoms with Crippen molar-refractivity contribution in [3.05, 3.63) is 59.4 Å². The number of furan rings is 1. The fourth-order valence-corrected chi connectivity index (χ4v) is 3.31. The van der Waals surface area contributed by atoms with Crippen molar-refractivity contribution in [2.75, 3.05) is 26.7 Å². The normalized spacial score (nSPS) is 15.0. The van der Waals surface area contributed by atoms with Gasteiger partial charge >= 0.3 is 0 Å².